The summed E-state index contributed by atoms with van der Waals surface area (Å²) in [5.41, 5.74) is 2.83. The molecule has 2 atom stereocenters. The molecule has 2 aromatic rings. The smallest absolute Gasteiger partial charge is 0.550 e. The van der Waals surface area contributed by atoms with E-state index in [1.54, 1.807) is 0 Å². The summed E-state index contributed by atoms with van der Waals surface area (Å²) < 4.78 is 0. The van der Waals surface area contributed by atoms with Crippen LogP contribution in [-0.2, 0) is 9.59 Å². The number of aliphatic carboxylic acids is 2. The summed E-state index contributed by atoms with van der Waals surface area (Å²) >= 11 is 0. The molecule has 296 valence electrons. The molecule has 2 aromatic carbocycles. The van der Waals surface area contributed by atoms with Crippen LogP contribution in [-0.4, -0.2) is 60.8 Å². The summed E-state index contributed by atoms with van der Waals surface area (Å²) in [5.74, 6) is -0.689. The molecule has 0 amide bonds. The van der Waals surface area contributed by atoms with Crippen molar-refractivity contribution in [2.45, 2.75) is 218 Å². The molecular formula is C48H78BaO4. The Morgan fingerprint density at radius 3 is 0.906 bits per heavy atom. The first kappa shape index (κ1) is 52.0. The van der Waals surface area contributed by atoms with E-state index in [-0.39, 0.29) is 61.7 Å². The molecule has 0 fully saturated rings. The normalized spacial score (nSPS) is 12.0. The zero-order valence-corrected chi connectivity index (χ0v) is 38.9. The Labute approximate surface area is 367 Å². The van der Waals surface area contributed by atoms with Gasteiger partial charge in [0.1, 0.15) is 0 Å². The Kier molecular flexibility index (Phi) is 38.4. The van der Waals surface area contributed by atoms with E-state index in [0.717, 1.165) is 38.5 Å². The Hall–Kier alpha value is -1.05. The van der Waals surface area contributed by atoms with Gasteiger partial charge in [0.15, 0.2) is 0 Å². The number of unbranched alkanes of at least 4 members (excludes halogenated alkanes) is 20. The Bertz CT molecular complexity index is 974. The number of hydrogen-bond donors (Lipinski definition) is 0. The third kappa shape index (κ3) is 32.9. The molecule has 0 radical (unpaired) electrons. The predicted octanol–water partition coefficient (Wildman–Crippen LogP) is 12.4. The molecule has 0 spiro atoms. The topological polar surface area (TPSA) is 80.3 Å². The summed E-state index contributed by atoms with van der Waals surface area (Å²) in [7, 11) is 0. The average Bonchev–Trinajstić information content (AvgIpc) is 3.15. The fraction of sp³-hybridized carbons (Fsp3) is 0.708. The van der Waals surface area contributed by atoms with Crippen LogP contribution >= 0.6 is 0 Å². The van der Waals surface area contributed by atoms with Crippen molar-refractivity contribution < 1.29 is 19.8 Å². The fourth-order valence-corrected chi connectivity index (χ4v) is 7.48. The van der Waals surface area contributed by atoms with E-state index in [1.165, 1.54) is 152 Å². The van der Waals surface area contributed by atoms with Crippen molar-refractivity contribution >= 4 is 60.8 Å². The van der Waals surface area contributed by atoms with E-state index in [9.17, 15) is 19.8 Å². The molecule has 2 unspecified atom stereocenters. The number of carboxylic acids is 2. The van der Waals surface area contributed by atoms with Gasteiger partial charge >= 0.3 is 48.9 Å². The van der Waals surface area contributed by atoms with Crippen molar-refractivity contribution in [3.05, 3.63) is 71.8 Å². The Balaban J connectivity index is 0.00000100. The molecule has 5 heteroatoms. The van der Waals surface area contributed by atoms with Gasteiger partial charge in [-0.2, -0.15) is 0 Å². The Morgan fingerprint density at radius 1 is 0.396 bits per heavy atom. The number of benzene rings is 2. The first-order valence-electron chi connectivity index (χ1n) is 22.0. The van der Waals surface area contributed by atoms with Gasteiger partial charge in [-0.05, 0) is 74.3 Å². The van der Waals surface area contributed by atoms with E-state index >= 15 is 0 Å². The van der Waals surface area contributed by atoms with E-state index in [2.05, 4.69) is 74.5 Å². The molecular weight excluding hydrogens is 778 g/mol. The molecule has 0 aromatic heterocycles. The van der Waals surface area contributed by atoms with Gasteiger partial charge in [-0.1, -0.05) is 216 Å². The van der Waals surface area contributed by atoms with Crippen LogP contribution in [0.15, 0.2) is 60.7 Å². The van der Waals surface area contributed by atoms with Crippen LogP contribution in [0.4, 0.5) is 0 Å². The third-order valence-corrected chi connectivity index (χ3v) is 10.7. The quantitative estimate of drug-likeness (QED) is 0.0519. The van der Waals surface area contributed by atoms with Gasteiger partial charge in [-0.3, -0.25) is 0 Å². The number of rotatable bonds is 34. The van der Waals surface area contributed by atoms with E-state index in [0.29, 0.717) is 11.8 Å². The molecule has 0 N–H and O–H groups in total. The maximum Gasteiger partial charge on any atom is 2.00 e. The van der Waals surface area contributed by atoms with E-state index in [1.807, 2.05) is 0 Å². The third-order valence-electron chi connectivity index (χ3n) is 10.7. The standard InChI is InChI=1S/2C24H40O2.Ba/c2*1-2-3-4-5-6-7-8-9-10-12-17-23(20-15-16-21-24(25)26)22-18-13-11-14-19-22;/h2*11,13-14,18-19,23H,2-10,12,15-17,20-21H2,1H3,(H,25,26);/q;;+2/p-2. The van der Waals surface area contributed by atoms with E-state index < -0.39 is 11.9 Å². The van der Waals surface area contributed by atoms with Gasteiger partial charge < -0.3 is 19.8 Å². The van der Waals surface area contributed by atoms with Crippen molar-refractivity contribution in [3.8, 4) is 0 Å². The number of carboxylic acid groups (broad SMARTS) is 2. The van der Waals surface area contributed by atoms with Crippen LogP contribution in [0.25, 0.3) is 0 Å². The van der Waals surface area contributed by atoms with Crippen LogP contribution in [0.5, 0.6) is 0 Å². The summed E-state index contributed by atoms with van der Waals surface area (Å²) in [6.07, 6.45) is 35.9. The van der Waals surface area contributed by atoms with Crippen LogP contribution < -0.4 is 10.2 Å². The molecule has 4 nitrogen and oxygen atoms in total. The fourth-order valence-electron chi connectivity index (χ4n) is 7.48. The molecule has 0 aliphatic rings. The van der Waals surface area contributed by atoms with Crippen LogP contribution in [0.3, 0.4) is 0 Å². The number of carbonyl (C=O) groups excluding carboxylic acids is 2. The van der Waals surface area contributed by atoms with Crippen LogP contribution in [0, 0.1) is 0 Å². The number of carbonyl (C=O) groups is 2. The minimum Gasteiger partial charge on any atom is -0.550 e. The zero-order chi connectivity index (χ0) is 37.7. The molecule has 0 saturated carbocycles. The summed E-state index contributed by atoms with van der Waals surface area (Å²) in [6.45, 7) is 4.54. The molecule has 0 heterocycles. The summed E-state index contributed by atoms with van der Waals surface area (Å²) in [5, 5.41) is 21.1. The molecule has 0 saturated heterocycles. The minimum absolute atomic E-state index is 0. The number of hydrogen-bond acceptors (Lipinski definition) is 4. The van der Waals surface area contributed by atoms with Gasteiger partial charge in [-0.25, -0.2) is 0 Å². The van der Waals surface area contributed by atoms with Crippen LogP contribution in [0.1, 0.15) is 229 Å². The molecule has 53 heavy (non-hydrogen) atoms. The second kappa shape index (κ2) is 39.2. The van der Waals surface area contributed by atoms with Gasteiger partial charge in [0.05, 0.1) is 0 Å². The minimum atomic E-state index is -0.920. The summed E-state index contributed by atoms with van der Waals surface area (Å²) in [4.78, 5) is 21.1. The zero-order valence-electron chi connectivity index (χ0n) is 34.5. The first-order valence-corrected chi connectivity index (χ1v) is 22.0. The van der Waals surface area contributed by atoms with Crippen molar-refractivity contribution in [1.82, 2.24) is 0 Å². The van der Waals surface area contributed by atoms with Crippen molar-refractivity contribution in [2.75, 3.05) is 0 Å². The van der Waals surface area contributed by atoms with Gasteiger partial charge in [0, 0.05) is 11.9 Å². The average molecular weight is 856 g/mol. The van der Waals surface area contributed by atoms with Crippen molar-refractivity contribution in [1.29, 1.82) is 0 Å². The second-order valence-electron chi connectivity index (χ2n) is 15.4. The largest absolute Gasteiger partial charge is 2.00 e. The van der Waals surface area contributed by atoms with Gasteiger partial charge in [-0.15, -0.1) is 0 Å². The molecule has 0 aliphatic heterocycles. The molecule has 0 bridgehead atoms. The monoisotopic (exact) mass is 856 g/mol. The maximum atomic E-state index is 10.6. The molecule has 0 aliphatic carbocycles. The van der Waals surface area contributed by atoms with Gasteiger partial charge in [0.2, 0.25) is 0 Å². The Morgan fingerprint density at radius 2 is 0.642 bits per heavy atom. The van der Waals surface area contributed by atoms with E-state index in [4.69, 9.17) is 0 Å². The molecule has 2 rings (SSSR count). The van der Waals surface area contributed by atoms with Gasteiger partial charge in [0.25, 0.3) is 0 Å². The predicted molar refractivity (Wildman–Crippen MR) is 224 cm³/mol. The summed E-state index contributed by atoms with van der Waals surface area (Å²) in [6, 6.07) is 21.5. The maximum absolute atomic E-state index is 10.6. The van der Waals surface area contributed by atoms with Crippen LogP contribution in [0.2, 0.25) is 0 Å². The first-order chi connectivity index (χ1) is 25.5. The SMILES string of the molecule is CCCCCCCCCCCCC(CCCCC(=O)[O-])c1ccccc1.CCCCCCCCCCCCC(CCCCC(=O)[O-])c1ccccc1.[Ba+2]. The van der Waals surface area contributed by atoms with Crippen molar-refractivity contribution in [2.24, 2.45) is 0 Å². The second-order valence-corrected chi connectivity index (χ2v) is 15.4. The van der Waals surface area contributed by atoms with Crippen molar-refractivity contribution in [3.63, 3.8) is 0 Å².